The molecule has 3 N–H and O–H groups in total. The van der Waals surface area contributed by atoms with Gasteiger partial charge in [-0.15, -0.1) is 0 Å². The topological polar surface area (TPSA) is 77.8 Å². The molecule has 0 bridgehead atoms. The Balaban J connectivity index is 1.56. The van der Waals surface area contributed by atoms with Crippen molar-refractivity contribution in [1.29, 1.82) is 0 Å². The number of aliphatic hydroxyl groups is 2. The fourth-order valence-corrected chi connectivity index (χ4v) is 9.00. The van der Waals surface area contributed by atoms with Crippen LogP contribution in [0.25, 0.3) is 0 Å². The quantitative estimate of drug-likeness (QED) is 0.631. The molecule has 3 unspecified atom stereocenters. The van der Waals surface area contributed by atoms with Crippen LogP contribution in [0.4, 0.5) is 0 Å². The van der Waals surface area contributed by atoms with Crippen LogP contribution in [0.5, 0.6) is 0 Å². The summed E-state index contributed by atoms with van der Waals surface area (Å²) in [7, 11) is 0. The summed E-state index contributed by atoms with van der Waals surface area (Å²) < 4.78 is 0. The molecule has 0 saturated heterocycles. The minimum atomic E-state index is -0.679. The lowest BCUT2D eigenvalue weighted by atomic mass is 9.43. The average Bonchev–Trinajstić information content (AvgIpc) is 3.00. The van der Waals surface area contributed by atoms with E-state index >= 15 is 0 Å². The van der Waals surface area contributed by atoms with Crippen LogP contribution in [-0.2, 0) is 4.79 Å². The molecule has 4 rings (SSSR count). The van der Waals surface area contributed by atoms with Gasteiger partial charge in [0.1, 0.15) is 0 Å². The van der Waals surface area contributed by atoms with Gasteiger partial charge in [0.15, 0.2) is 0 Å². The van der Waals surface area contributed by atoms with Gasteiger partial charge in [0.2, 0.25) is 0 Å². The number of hydrogen-bond donors (Lipinski definition) is 3. The third-order valence-corrected chi connectivity index (χ3v) is 10.6. The smallest absolute Gasteiger partial charge is 0.306 e. The van der Waals surface area contributed by atoms with Gasteiger partial charge in [-0.2, -0.15) is 0 Å². The van der Waals surface area contributed by atoms with Crippen LogP contribution in [0.3, 0.4) is 0 Å². The highest BCUT2D eigenvalue weighted by atomic mass is 16.4. The molecule has 4 aliphatic carbocycles. The van der Waals surface area contributed by atoms with Crippen LogP contribution in [0.1, 0.15) is 85.5 Å². The second-order valence-electron chi connectivity index (χ2n) is 11.9. The molecule has 4 aliphatic rings. The first-order chi connectivity index (χ1) is 13.6. The van der Waals surface area contributed by atoms with Gasteiger partial charge in [-0.3, -0.25) is 4.79 Å². The third-order valence-electron chi connectivity index (χ3n) is 10.6. The van der Waals surface area contributed by atoms with E-state index < -0.39 is 5.97 Å². The Labute approximate surface area is 176 Å². The van der Waals surface area contributed by atoms with Crippen molar-refractivity contribution in [2.45, 2.75) is 97.7 Å². The van der Waals surface area contributed by atoms with Crippen LogP contribution in [0.15, 0.2) is 0 Å². The number of aliphatic hydroxyl groups excluding tert-OH is 2. The lowest BCUT2D eigenvalue weighted by Crippen LogP contribution is -2.58. The number of rotatable bonds is 4. The van der Waals surface area contributed by atoms with Crippen molar-refractivity contribution in [3.8, 4) is 0 Å². The zero-order chi connectivity index (χ0) is 21.1. The Morgan fingerprint density at radius 2 is 1.62 bits per heavy atom. The highest BCUT2D eigenvalue weighted by Crippen LogP contribution is 2.68. The predicted octanol–water partition coefficient (Wildman–Crippen LogP) is 4.72. The monoisotopic (exact) mass is 406 g/mol. The normalized spacial score (nSPS) is 51.4. The molecule has 0 amide bonds. The SMILES string of the molecule is CC(C[C@@H](C)[C@H]1CCC2[C@H]3C(CC[C@@]21C)[C@@]1(C)CC[C@@H](O)C[C@H]1C[C@@H]3O)C(=O)O. The first kappa shape index (κ1) is 21.6. The molecule has 29 heavy (non-hydrogen) atoms. The van der Waals surface area contributed by atoms with Gasteiger partial charge < -0.3 is 15.3 Å². The summed E-state index contributed by atoms with van der Waals surface area (Å²) in [5, 5.41) is 30.9. The van der Waals surface area contributed by atoms with Crippen molar-refractivity contribution >= 4 is 5.97 Å². The highest BCUT2D eigenvalue weighted by molar-refractivity contribution is 5.69. The van der Waals surface area contributed by atoms with Crippen molar-refractivity contribution in [3.63, 3.8) is 0 Å². The maximum atomic E-state index is 11.4. The fourth-order valence-electron chi connectivity index (χ4n) is 9.00. The zero-order valence-corrected chi connectivity index (χ0v) is 18.8. The summed E-state index contributed by atoms with van der Waals surface area (Å²) in [6.07, 6.45) is 8.87. The first-order valence-corrected chi connectivity index (χ1v) is 12.2. The third kappa shape index (κ3) is 3.37. The maximum absolute atomic E-state index is 11.4. The van der Waals surface area contributed by atoms with Gasteiger partial charge in [-0.25, -0.2) is 0 Å². The van der Waals surface area contributed by atoms with Crippen molar-refractivity contribution in [3.05, 3.63) is 0 Å². The second kappa shape index (κ2) is 7.51. The highest BCUT2D eigenvalue weighted by Gasteiger charge is 2.62. The number of hydrogen-bond acceptors (Lipinski definition) is 3. The molecule has 4 saturated carbocycles. The molecular weight excluding hydrogens is 364 g/mol. The number of carboxylic acids is 1. The van der Waals surface area contributed by atoms with E-state index in [0.29, 0.717) is 35.5 Å². The minimum absolute atomic E-state index is 0.182. The van der Waals surface area contributed by atoms with Gasteiger partial charge in [0.05, 0.1) is 18.1 Å². The molecule has 4 fully saturated rings. The molecule has 11 atom stereocenters. The van der Waals surface area contributed by atoms with Crippen molar-refractivity contribution in [2.75, 3.05) is 0 Å². The second-order valence-corrected chi connectivity index (χ2v) is 11.9. The van der Waals surface area contributed by atoms with Crippen molar-refractivity contribution < 1.29 is 20.1 Å². The van der Waals surface area contributed by atoms with E-state index in [4.69, 9.17) is 0 Å². The summed E-state index contributed by atoms with van der Waals surface area (Å²) >= 11 is 0. The first-order valence-electron chi connectivity index (χ1n) is 12.2. The van der Waals surface area contributed by atoms with E-state index in [1.165, 1.54) is 25.7 Å². The van der Waals surface area contributed by atoms with E-state index in [9.17, 15) is 20.1 Å². The lowest BCUT2D eigenvalue weighted by molar-refractivity contribution is -0.174. The number of carbonyl (C=O) groups is 1. The van der Waals surface area contributed by atoms with Crippen LogP contribution >= 0.6 is 0 Å². The molecule has 4 nitrogen and oxygen atoms in total. The van der Waals surface area contributed by atoms with Gasteiger partial charge >= 0.3 is 5.97 Å². The predicted molar refractivity (Wildman–Crippen MR) is 113 cm³/mol. The Morgan fingerprint density at radius 3 is 2.31 bits per heavy atom. The summed E-state index contributed by atoms with van der Waals surface area (Å²) in [4.78, 5) is 11.4. The standard InChI is InChI=1S/C25H42O4/c1-14(11-15(2)23(28)29)18-5-6-19-22-20(8-10-25(18,19)4)24(3)9-7-17(26)12-16(24)13-21(22)27/h14-22,26-27H,5-13H2,1-4H3,(H,28,29)/t14-,15?,16+,17-,18-,19?,20?,21+,22+,24+,25-/m1/s1. The molecule has 0 heterocycles. The van der Waals surface area contributed by atoms with Gasteiger partial charge in [0.25, 0.3) is 0 Å². The molecule has 0 aromatic carbocycles. The summed E-state index contributed by atoms with van der Waals surface area (Å²) in [5.41, 5.74) is 0.503. The molecule has 0 radical (unpaired) electrons. The minimum Gasteiger partial charge on any atom is -0.481 e. The molecule has 4 heteroatoms. The van der Waals surface area contributed by atoms with Gasteiger partial charge in [0, 0.05) is 0 Å². The van der Waals surface area contributed by atoms with Crippen molar-refractivity contribution in [1.82, 2.24) is 0 Å². The van der Waals surface area contributed by atoms with Gasteiger partial charge in [-0.05, 0) is 104 Å². The zero-order valence-electron chi connectivity index (χ0n) is 18.8. The van der Waals surface area contributed by atoms with E-state index in [0.717, 1.165) is 32.1 Å². The number of carboxylic acid groups (broad SMARTS) is 1. The van der Waals surface area contributed by atoms with Crippen LogP contribution < -0.4 is 0 Å². The van der Waals surface area contributed by atoms with E-state index in [-0.39, 0.29) is 29.0 Å². The van der Waals surface area contributed by atoms with Gasteiger partial charge in [-0.1, -0.05) is 27.7 Å². The molecule has 0 aromatic heterocycles. The molecule has 0 aliphatic heterocycles. The Bertz CT molecular complexity index is 634. The maximum Gasteiger partial charge on any atom is 0.306 e. The van der Waals surface area contributed by atoms with E-state index in [2.05, 4.69) is 20.8 Å². The Kier molecular flexibility index (Phi) is 5.60. The summed E-state index contributed by atoms with van der Waals surface area (Å²) in [6.45, 7) is 9.02. The van der Waals surface area contributed by atoms with Crippen molar-refractivity contribution in [2.24, 2.45) is 52.3 Å². The molecule has 0 spiro atoms. The largest absolute Gasteiger partial charge is 0.481 e. The fraction of sp³-hybridized carbons (Fsp3) is 0.960. The number of fused-ring (bicyclic) bond motifs is 5. The average molecular weight is 407 g/mol. The number of aliphatic carboxylic acids is 1. The van der Waals surface area contributed by atoms with Crippen LogP contribution in [0.2, 0.25) is 0 Å². The molecule has 166 valence electrons. The molecule has 0 aromatic rings. The van der Waals surface area contributed by atoms with E-state index in [1.807, 2.05) is 6.92 Å². The Morgan fingerprint density at radius 1 is 0.966 bits per heavy atom. The summed E-state index contributed by atoms with van der Waals surface area (Å²) in [5.74, 6) is 2.02. The Hall–Kier alpha value is -0.610. The summed E-state index contributed by atoms with van der Waals surface area (Å²) in [6, 6.07) is 0. The van der Waals surface area contributed by atoms with E-state index in [1.54, 1.807) is 0 Å². The van der Waals surface area contributed by atoms with Crippen LogP contribution in [-0.4, -0.2) is 33.5 Å². The molecular formula is C25H42O4. The van der Waals surface area contributed by atoms with Crippen LogP contribution in [0, 0.1) is 52.3 Å². The lowest BCUT2D eigenvalue weighted by Gasteiger charge is -2.62.